The van der Waals surface area contributed by atoms with Crippen molar-refractivity contribution in [2.75, 3.05) is 5.43 Å². The first-order chi connectivity index (χ1) is 13.9. The average molecular weight is 416 g/mol. The molecular formula is C20H15F3N4OS. The van der Waals surface area contributed by atoms with Crippen molar-refractivity contribution in [1.82, 2.24) is 14.9 Å². The van der Waals surface area contributed by atoms with Gasteiger partial charge in [0, 0.05) is 11.1 Å². The summed E-state index contributed by atoms with van der Waals surface area (Å²) >= 11 is 5.26. The zero-order chi connectivity index (χ0) is 20.4. The van der Waals surface area contributed by atoms with Crippen molar-refractivity contribution in [3.05, 3.63) is 82.8 Å². The van der Waals surface area contributed by atoms with Gasteiger partial charge in [0.25, 0.3) is 0 Å². The van der Waals surface area contributed by atoms with Gasteiger partial charge in [0.2, 0.25) is 4.77 Å². The molecule has 0 bridgehead atoms. The van der Waals surface area contributed by atoms with Crippen LogP contribution in [-0.2, 0) is 12.7 Å². The highest BCUT2D eigenvalue weighted by Crippen LogP contribution is 2.32. The molecule has 0 saturated carbocycles. The van der Waals surface area contributed by atoms with Crippen LogP contribution in [0.1, 0.15) is 11.3 Å². The predicted molar refractivity (Wildman–Crippen MR) is 105 cm³/mol. The van der Waals surface area contributed by atoms with E-state index in [0.717, 1.165) is 17.7 Å². The number of H-pyrrole nitrogens is 1. The molecule has 29 heavy (non-hydrogen) atoms. The van der Waals surface area contributed by atoms with E-state index in [1.165, 1.54) is 6.07 Å². The lowest BCUT2D eigenvalue weighted by Gasteiger charge is -2.09. The second-order valence-corrected chi connectivity index (χ2v) is 6.62. The van der Waals surface area contributed by atoms with E-state index in [1.807, 2.05) is 30.3 Å². The van der Waals surface area contributed by atoms with E-state index in [2.05, 4.69) is 15.6 Å². The summed E-state index contributed by atoms with van der Waals surface area (Å²) in [6.07, 6.45) is -4.40. The molecule has 0 atom stereocenters. The van der Waals surface area contributed by atoms with E-state index < -0.39 is 11.7 Å². The van der Waals surface area contributed by atoms with Crippen LogP contribution < -0.4 is 5.43 Å². The molecule has 9 heteroatoms. The minimum atomic E-state index is -4.40. The lowest BCUT2D eigenvalue weighted by atomic mass is 10.1. The number of furan rings is 1. The summed E-state index contributed by atoms with van der Waals surface area (Å²) in [4.78, 5) is 0. The fraction of sp³-hybridized carbons (Fsp3) is 0.100. The monoisotopic (exact) mass is 416 g/mol. The first kappa shape index (κ1) is 19.0. The van der Waals surface area contributed by atoms with Crippen LogP contribution in [0, 0.1) is 4.77 Å². The van der Waals surface area contributed by atoms with E-state index in [4.69, 9.17) is 16.6 Å². The van der Waals surface area contributed by atoms with Crippen molar-refractivity contribution < 1.29 is 17.6 Å². The van der Waals surface area contributed by atoms with E-state index in [0.29, 0.717) is 27.7 Å². The van der Waals surface area contributed by atoms with Crippen LogP contribution in [-0.4, -0.2) is 14.9 Å². The summed E-state index contributed by atoms with van der Waals surface area (Å²) in [5, 5.41) is 6.97. The maximum atomic E-state index is 12.9. The summed E-state index contributed by atoms with van der Waals surface area (Å²) in [6.45, 7) is 0.270. The Bertz CT molecular complexity index is 1180. The number of alkyl halides is 3. The SMILES string of the molecule is FC(F)(F)c1cccc(-c2ccc(CNn3c(-c4ccccc4)n[nH]c3=S)o2)c1. The minimum absolute atomic E-state index is 0.270. The molecule has 0 aliphatic carbocycles. The third-order valence-corrected chi connectivity index (χ3v) is 4.53. The van der Waals surface area contributed by atoms with Gasteiger partial charge in [-0.05, 0) is 36.5 Å². The molecule has 4 aromatic rings. The van der Waals surface area contributed by atoms with Crippen LogP contribution in [0.25, 0.3) is 22.7 Å². The van der Waals surface area contributed by atoms with Gasteiger partial charge < -0.3 is 9.84 Å². The van der Waals surface area contributed by atoms with Gasteiger partial charge in [0.1, 0.15) is 11.5 Å². The molecule has 0 spiro atoms. The Morgan fingerprint density at radius 3 is 2.52 bits per heavy atom. The van der Waals surface area contributed by atoms with Crippen molar-refractivity contribution >= 4 is 12.2 Å². The number of hydrogen-bond acceptors (Lipinski definition) is 4. The Kier molecular flexibility index (Phi) is 4.98. The second kappa shape index (κ2) is 7.59. The molecule has 2 aromatic heterocycles. The summed E-state index contributed by atoms with van der Waals surface area (Å²) in [7, 11) is 0. The number of benzene rings is 2. The Hall–Kier alpha value is -3.33. The van der Waals surface area contributed by atoms with Gasteiger partial charge in [-0.2, -0.15) is 18.3 Å². The van der Waals surface area contributed by atoms with Crippen LogP contribution in [0.15, 0.2) is 71.1 Å². The highest BCUT2D eigenvalue weighted by molar-refractivity contribution is 7.71. The summed E-state index contributed by atoms with van der Waals surface area (Å²) in [6, 6.07) is 17.9. The van der Waals surface area contributed by atoms with Gasteiger partial charge in [0.05, 0.1) is 12.1 Å². The van der Waals surface area contributed by atoms with Crippen molar-refractivity contribution in [1.29, 1.82) is 0 Å². The lowest BCUT2D eigenvalue weighted by Crippen LogP contribution is -2.15. The molecule has 2 heterocycles. The van der Waals surface area contributed by atoms with Gasteiger partial charge in [-0.3, -0.25) is 0 Å². The molecule has 2 aromatic carbocycles. The molecule has 0 fully saturated rings. The fourth-order valence-corrected chi connectivity index (χ4v) is 3.06. The molecule has 5 nitrogen and oxygen atoms in total. The number of rotatable bonds is 5. The molecule has 0 aliphatic rings. The number of hydrogen-bond donors (Lipinski definition) is 2. The van der Waals surface area contributed by atoms with Crippen molar-refractivity contribution in [3.63, 3.8) is 0 Å². The minimum Gasteiger partial charge on any atom is -0.459 e. The van der Waals surface area contributed by atoms with Gasteiger partial charge in [-0.1, -0.05) is 42.5 Å². The highest BCUT2D eigenvalue weighted by Gasteiger charge is 2.30. The Morgan fingerprint density at radius 1 is 1.00 bits per heavy atom. The number of nitrogens with one attached hydrogen (secondary N) is 2. The largest absolute Gasteiger partial charge is 0.459 e. The molecule has 0 amide bonds. The molecular weight excluding hydrogens is 401 g/mol. The van der Waals surface area contributed by atoms with Crippen LogP contribution in [0.5, 0.6) is 0 Å². The smallest absolute Gasteiger partial charge is 0.416 e. The van der Waals surface area contributed by atoms with E-state index in [-0.39, 0.29) is 6.54 Å². The average Bonchev–Trinajstić information content (AvgIpc) is 3.33. The van der Waals surface area contributed by atoms with Gasteiger partial charge >= 0.3 is 6.18 Å². The normalized spacial score (nSPS) is 11.6. The summed E-state index contributed by atoms with van der Waals surface area (Å²) < 4.78 is 46.5. The summed E-state index contributed by atoms with van der Waals surface area (Å²) in [5.41, 5.74) is 3.63. The molecule has 0 saturated heterocycles. The molecule has 148 valence electrons. The Morgan fingerprint density at radius 2 is 1.76 bits per heavy atom. The van der Waals surface area contributed by atoms with Gasteiger partial charge in [-0.15, -0.1) is 0 Å². The number of nitrogens with zero attached hydrogens (tertiary/aromatic N) is 2. The molecule has 0 radical (unpaired) electrons. The van der Waals surface area contributed by atoms with Gasteiger partial charge in [-0.25, -0.2) is 9.77 Å². The predicted octanol–water partition coefficient (Wildman–Crippen LogP) is 5.63. The number of halogens is 3. The maximum Gasteiger partial charge on any atom is 0.416 e. The number of aromatic nitrogens is 3. The van der Waals surface area contributed by atoms with E-state index in [9.17, 15) is 13.2 Å². The molecule has 0 aliphatic heterocycles. The standard InChI is InChI=1S/C20H15F3N4OS/c21-20(22,23)15-8-4-7-14(11-15)17-10-9-16(28-17)12-24-27-18(25-26-19(27)29)13-5-2-1-3-6-13/h1-11,24H,12H2,(H,26,29). The van der Waals surface area contributed by atoms with Crippen LogP contribution >= 0.6 is 12.2 Å². The molecule has 4 rings (SSSR count). The Balaban J connectivity index is 1.53. The zero-order valence-electron chi connectivity index (χ0n) is 14.9. The van der Waals surface area contributed by atoms with Crippen molar-refractivity contribution in [2.45, 2.75) is 12.7 Å². The van der Waals surface area contributed by atoms with Gasteiger partial charge in [0.15, 0.2) is 5.82 Å². The van der Waals surface area contributed by atoms with E-state index >= 15 is 0 Å². The van der Waals surface area contributed by atoms with Crippen LogP contribution in [0.2, 0.25) is 0 Å². The zero-order valence-corrected chi connectivity index (χ0v) is 15.7. The topological polar surface area (TPSA) is 58.8 Å². The summed E-state index contributed by atoms with van der Waals surface area (Å²) in [5.74, 6) is 1.51. The maximum absolute atomic E-state index is 12.9. The Labute approximate surface area is 168 Å². The van der Waals surface area contributed by atoms with Crippen molar-refractivity contribution in [2.24, 2.45) is 0 Å². The third kappa shape index (κ3) is 4.09. The number of aromatic amines is 1. The highest BCUT2D eigenvalue weighted by atomic mass is 32.1. The van der Waals surface area contributed by atoms with E-state index in [1.54, 1.807) is 22.9 Å². The second-order valence-electron chi connectivity index (χ2n) is 6.23. The third-order valence-electron chi connectivity index (χ3n) is 4.25. The molecule has 2 N–H and O–H groups in total. The van der Waals surface area contributed by atoms with Crippen LogP contribution in [0.3, 0.4) is 0 Å². The van der Waals surface area contributed by atoms with Crippen molar-refractivity contribution in [3.8, 4) is 22.7 Å². The first-order valence-corrected chi connectivity index (χ1v) is 9.06. The quantitative estimate of drug-likeness (QED) is 0.414. The van der Waals surface area contributed by atoms with Crippen LogP contribution in [0.4, 0.5) is 13.2 Å². The molecule has 0 unspecified atom stereocenters. The lowest BCUT2D eigenvalue weighted by molar-refractivity contribution is -0.137. The fourth-order valence-electron chi connectivity index (χ4n) is 2.86. The first-order valence-electron chi connectivity index (χ1n) is 8.65.